The topological polar surface area (TPSA) is 77.6 Å². The standard InChI is InChI=1S/C11H13N5/c1-7(2)9-10(15-6-16-11(9)12)8-3-13-5-14-4-8/h3-7H,1-2H3,(H2,12,15,16). The SMILES string of the molecule is CC(C)c1c(N)ncnc1-c1cncnc1. The highest BCUT2D eigenvalue weighted by atomic mass is 14.9. The van der Waals surface area contributed by atoms with Crippen LogP contribution in [-0.4, -0.2) is 19.9 Å². The normalized spacial score (nSPS) is 10.7. The third kappa shape index (κ3) is 1.84. The molecule has 0 atom stereocenters. The van der Waals surface area contributed by atoms with Gasteiger partial charge in [-0.2, -0.15) is 0 Å². The predicted molar refractivity (Wildman–Crippen MR) is 61.6 cm³/mol. The van der Waals surface area contributed by atoms with E-state index in [0.717, 1.165) is 16.8 Å². The number of aromatic nitrogens is 4. The summed E-state index contributed by atoms with van der Waals surface area (Å²) in [5.74, 6) is 0.778. The molecule has 2 heterocycles. The van der Waals surface area contributed by atoms with Gasteiger partial charge in [-0.05, 0) is 5.92 Å². The van der Waals surface area contributed by atoms with Crippen molar-refractivity contribution in [3.63, 3.8) is 0 Å². The van der Waals surface area contributed by atoms with E-state index >= 15 is 0 Å². The first kappa shape index (κ1) is 10.5. The predicted octanol–water partition coefficient (Wildman–Crippen LogP) is 1.64. The maximum atomic E-state index is 5.87. The molecular weight excluding hydrogens is 202 g/mol. The van der Waals surface area contributed by atoms with Crippen LogP contribution in [0.5, 0.6) is 0 Å². The Balaban J connectivity index is 2.61. The molecular formula is C11H13N5. The van der Waals surface area contributed by atoms with Crippen LogP contribution in [-0.2, 0) is 0 Å². The number of hydrogen-bond donors (Lipinski definition) is 1. The van der Waals surface area contributed by atoms with E-state index in [1.807, 2.05) is 0 Å². The van der Waals surface area contributed by atoms with Crippen LogP contribution in [0.25, 0.3) is 11.3 Å². The van der Waals surface area contributed by atoms with Gasteiger partial charge in [0.05, 0.1) is 5.69 Å². The van der Waals surface area contributed by atoms with Crippen molar-refractivity contribution >= 4 is 5.82 Å². The molecule has 0 aliphatic heterocycles. The number of nitrogens with two attached hydrogens (primary N) is 1. The Morgan fingerprint density at radius 2 is 1.75 bits per heavy atom. The van der Waals surface area contributed by atoms with E-state index in [-0.39, 0.29) is 5.92 Å². The molecule has 2 N–H and O–H groups in total. The molecule has 5 heteroatoms. The van der Waals surface area contributed by atoms with Gasteiger partial charge in [0.15, 0.2) is 0 Å². The van der Waals surface area contributed by atoms with E-state index in [4.69, 9.17) is 5.73 Å². The quantitative estimate of drug-likeness (QED) is 0.823. The summed E-state index contributed by atoms with van der Waals surface area (Å²) in [7, 11) is 0. The molecule has 0 aliphatic carbocycles. The molecule has 0 aliphatic rings. The van der Waals surface area contributed by atoms with Crippen molar-refractivity contribution in [3.05, 3.63) is 30.6 Å². The van der Waals surface area contributed by atoms with E-state index in [1.165, 1.54) is 12.7 Å². The largest absolute Gasteiger partial charge is 0.383 e. The minimum atomic E-state index is 0.261. The van der Waals surface area contributed by atoms with E-state index in [1.54, 1.807) is 12.4 Å². The summed E-state index contributed by atoms with van der Waals surface area (Å²) < 4.78 is 0. The van der Waals surface area contributed by atoms with Crippen LogP contribution in [0.4, 0.5) is 5.82 Å². The van der Waals surface area contributed by atoms with Crippen molar-refractivity contribution in [1.82, 2.24) is 19.9 Å². The number of anilines is 1. The Labute approximate surface area is 93.8 Å². The molecule has 0 fully saturated rings. The average molecular weight is 215 g/mol. The summed E-state index contributed by atoms with van der Waals surface area (Å²) in [5.41, 5.74) is 8.48. The molecule has 2 rings (SSSR count). The lowest BCUT2D eigenvalue weighted by atomic mass is 9.99. The monoisotopic (exact) mass is 215 g/mol. The maximum absolute atomic E-state index is 5.87. The number of nitrogen functional groups attached to an aromatic ring is 1. The van der Waals surface area contributed by atoms with Crippen molar-refractivity contribution in [2.75, 3.05) is 5.73 Å². The van der Waals surface area contributed by atoms with Gasteiger partial charge in [0.25, 0.3) is 0 Å². The van der Waals surface area contributed by atoms with Gasteiger partial charge in [0.1, 0.15) is 18.5 Å². The first-order valence-electron chi connectivity index (χ1n) is 5.06. The first-order chi connectivity index (χ1) is 7.70. The number of nitrogens with zero attached hydrogens (tertiary/aromatic N) is 4. The Kier molecular flexibility index (Phi) is 2.76. The molecule has 2 aromatic rings. The van der Waals surface area contributed by atoms with Crippen LogP contribution in [0.1, 0.15) is 25.3 Å². The van der Waals surface area contributed by atoms with Crippen molar-refractivity contribution in [1.29, 1.82) is 0 Å². The Hall–Kier alpha value is -2.04. The van der Waals surface area contributed by atoms with E-state index in [9.17, 15) is 0 Å². The molecule has 0 radical (unpaired) electrons. The van der Waals surface area contributed by atoms with E-state index < -0.39 is 0 Å². The molecule has 2 aromatic heterocycles. The van der Waals surface area contributed by atoms with Gasteiger partial charge in [-0.15, -0.1) is 0 Å². The zero-order chi connectivity index (χ0) is 11.5. The fourth-order valence-electron chi connectivity index (χ4n) is 1.63. The van der Waals surface area contributed by atoms with Crippen molar-refractivity contribution < 1.29 is 0 Å². The second kappa shape index (κ2) is 4.22. The minimum Gasteiger partial charge on any atom is -0.383 e. The molecule has 0 aromatic carbocycles. The van der Waals surface area contributed by atoms with Gasteiger partial charge in [-0.25, -0.2) is 19.9 Å². The molecule has 0 saturated carbocycles. The second-order valence-electron chi connectivity index (χ2n) is 3.80. The second-order valence-corrected chi connectivity index (χ2v) is 3.80. The highest BCUT2D eigenvalue weighted by Crippen LogP contribution is 2.29. The number of hydrogen-bond acceptors (Lipinski definition) is 5. The fraction of sp³-hybridized carbons (Fsp3) is 0.273. The fourth-order valence-corrected chi connectivity index (χ4v) is 1.63. The van der Waals surface area contributed by atoms with E-state index in [0.29, 0.717) is 5.82 Å². The van der Waals surface area contributed by atoms with Gasteiger partial charge in [0.2, 0.25) is 0 Å². The summed E-state index contributed by atoms with van der Waals surface area (Å²) >= 11 is 0. The summed E-state index contributed by atoms with van der Waals surface area (Å²) in [5, 5.41) is 0. The van der Waals surface area contributed by atoms with Crippen LogP contribution in [0.2, 0.25) is 0 Å². The number of rotatable bonds is 2. The summed E-state index contributed by atoms with van der Waals surface area (Å²) in [4.78, 5) is 16.2. The smallest absolute Gasteiger partial charge is 0.130 e. The van der Waals surface area contributed by atoms with Gasteiger partial charge in [0, 0.05) is 23.5 Å². The Morgan fingerprint density at radius 1 is 1.06 bits per heavy atom. The van der Waals surface area contributed by atoms with Crippen LogP contribution >= 0.6 is 0 Å². The van der Waals surface area contributed by atoms with Crippen LogP contribution in [0.3, 0.4) is 0 Å². The molecule has 0 bridgehead atoms. The summed E-state index contributed by atoms with van der Waals surface area (Å²) in [6.45, 7) is 4.12. The molecule has 0 saturated heterocycles. The van der Waals surface area contributed by atoms with Gasteiger partial charge >= 0.3 is 0 Å². The highest BCUT2D eigenvalue weighted by Gasteiger charge is 2.14. The molecule has 16 heavy (non-hydrogen) atoms. The minimum absolute atomic E-state index is 0.261. The van der Waals surface area contributed by atoms with E-state index in [2.05, 4.69) is 33.8 Å². The van der Waals surface area contributed by atoms with Crippen molar-refractivity contribution in [2.45, 2.75) is 19.8 Å². The zero-order valence-electron chi connectivity index (χ0n) is 9.25. The lowest BCUT2D eigenvalue weighted by Gasteiger charge is -2.12. The molecule has 0 spiro atoms. The summed E-state index contributed by atoms with van der Waals surface area (Å²) in [6.07, 6.45) is 6.40. The lowest BCUT2D eigenvalue weighted by Crippen LogP contribution is -2.04. The van der Waals surface area contributed by atoms with Crippen LogP contribution < -0.4 is 5.73 Å². The van der Waals surface area contributed by atoms with Gasteiger partial charge in [-0.3, -0.25) is 0 Å². The third-order valence-electron chi connectivity index (χ3n) is 2.33. The first-order valence-corrected chi connectivity index (χ1v) is 5.06. The summed E-state index contributed by atoms with van der Waals surface area (Å²) in [6, 6.07) is 0. The molecule has 5 nitrogen and oxygen atoms in total. The third-order valence-corrected chi connectivity index (χ3v) is 2.33. The molecule has 82 valence electrons. The van der Waals surface area contributed by atoms with Crippen molar-refractivity contribution in [2.24, 2.45) is 0 Å². The van der Waals surface area contributed by atoms with Crippen LogP contribution in [0, 0.1) is 0 Å². The van der Waals surface area contributed by atoms with Gasteiger partial charge in [-0.1, -0.05) is 13.8 Å². The Morgan fingerprint density at radius 3 is 2.38 bits per heavy atom. The molecule has 0 amide bonds. The lowest BCUT2D eigenvalue weighted by molar-refractivity contribution is 0.854. The van der Waals surface area contributed by atoms with Crippen molar-refractivity contribution in [3.8, 4) is 11.3 Å². The zero-order valence-corrected chi connectivity index (χ0v) is 9.25. The highest BCUT2D eigenvalue weighted by molar-refractivity contribution is 5.66. The Bertz CT molecular complexity index is 481. The van der Waals surface area contributed by atoms with Gasteiger partial charge < -0.3 is 5.73 Å². The molecule has 0 unspecified atom stereocenters. The average Bonchev–Trinajstić information content (AvgIpc) is 2.29. The van der Waals surface area contributed by atoms with Crippen LogP contribution in [0.15, 0.2) is 25.0 Å². The maximum Gasteiger partial charge on any atom is 0.130 e.